The van der Waals surface area contributed by atoms with Crippen molar-refractivity contribution in [3.05, 3.63) is 29.8 Å². The summed E-state index contributed by atoms with van der Waals surface area (Å²) in [6, 6.07) is 9.08. The molecule has 0 radical (unpaired) electrons. The lowest BCUT2D eigenvalue weighted by atomic mass is 9.83. The Bertz CT molecular complexity index is 576. The summed E-state index contributed by atoms with van der Waals surface area (Å²) in [4.78, 5) is 15.2. The second kappa shape index (κ2) is 7.75. The summed E-state index contributed by atoms with van der Waals surface area (Å²) in [6.45, 7) is 5.84. The van der Waals surface area contributed by atoms with Crippen molar-refractivity contribution in [3.8, 4) is 5.75 Å². The summed E-state index contributed by atoms with van der Waals surface area (Å²) in [6.07, 6.45) is 4.24. The van der Waals surface area contributed by atoms with Gasteiger partial charge in [-0.3, -0.25) is 4.79 Å². The van der Waals surface area contributed by atoms with Gasteiger partial charge in [0.05, 0.1) is 7.11 Å². The summed E-state index contributed by atoms with van der Waals surface area (Å²) in [5.74, 6) is 1.13. The Morgan fingerprint density at radius 3 is 2.71 bits per heavy atom. The van der Waals surface area contributed by atoms with E-state index in [2.05, 4.69) is 30.1 Å². The average Bonchev–Trinajstić information content (AvgIpc) is 2.86. The van der Waals surface area contributed by atoms with Gasteiger partial charge >= 0.3 is 0 Å². The topological polar surface area (TPSA) is 41.6 Å². The first kappa shape index (κ1) is 19.1. The molecule has 1 aromatic carbocycles. The fraction of sp³-hybridized carbons (Fsp3) is 0.632. The van der Waals surface area contributed by atoms with Crippen molar-refractivity contribution in [2.45, 2.75) is 51.6 Å². The normalized spacial score (nSPS) is 23.4. The first-order valence-corrected chi connectivity index (χ1v) is 8.67. The number of methoxy groups -OCH3 is 1. The molecular weight excluding hydrogens is 324 g/mol. The van der Waals surface area contributed by atoms with Crippen LogP contribution in [0.25, 0.3) is 0 Å². The van der Waals surface area contributed by atoms with Crippen LogP contribution in [0.3, 0.4) is 0 Å². The highest BCUT2D eigenvalue weighted by atomic mass is 35.5. The lowest BCUT2D eigenvalue weighted by molar-refractivity contribution is -0.140. The molecule has 0 aromatic heterocycles. The van der Waals surface area contributed by atoms with E-state index in [1.165, 1.54) is 12.8 Å². The highest BCUT2D eigenvalue weighted by molar-refractivity contribution is 5.85. The van der Waals surface area contributed by atoms with Crippen molar-refractivity contribution in [1.29, 1.82) is 0 Å². The molecule has 2 atom stereocenters. The van der Waals surface area contributed by atoms with E-state index in [1.54, 1.807) is 7.11 Å². The Labute approximate surface area is 151 Å². The van der Waals surface area contributed by atoms with E-state index in [9.17, 15) is 4.79 Å². The number of hydrogen-bond acceptors (Lipinski definition) is 3. The third-order valence-corrected chi connectivity index (χ3v) is 5.21. The van der Waals surface area contributed by atoms with Gasteiger partial charge in [0.2, 0.25) is 5.91 Å². The van der Waals surface area contributed by atoms with Crippen LogP contribution in [0.2, 0.25) is 0 Å². The molecule has 24 heavy (non-hydrogen) atoms. The molecule has 1 N–H and O–H groups in total. The summed E-state index contributed by atoms with van der Waals surface area (Å²) in [5, 5.41) is 3.64. The zero-order valence-corrected chi connectivity index (χ0v) is 15.7. The van der Waals surface area contributed by atoms with E-state index >= 15 is 0 Å². The first-order chi connectivity index (χ1) is 11.0. The maximum absolute atomic E-state index is 13.1. The van der Waals surface area contributed by atoms with Crippen LogP contribution in [0.4, 0.5) is 0 Å². The number of likely N-dealkylation sites (tertiary alicyclic amines) is 1. The minimum atomic E-state index is -0.418. The Balaban J connectivity index is 0.00000208. The number of nitrogens with one attached hydrogen (secondary N) is 1. The van der Waals surface area contributed by atoms with Gasteiger partial charge in [0, 0.05) is 30.6 Å². The van der Waals surface area contributed by atoms with E-state index in [0.29, 0.717) is 18.5 Å². The van der Waals surface area contributed by atoms with Gasteiger partial charge in [-0.05, 0) is 37.3 Å². The molecule has 2 bridgehead atoms. The van der Waals surface area contributed by atoms with Gasteiger partial charge in [-0.15, -0.1) is 12.4 Å². The van der Waals surface area contributed by atoms with Crippen LogP contribution >= 0.6 is 12.4 Å². The number of halogens is 1. The molecule has 2 unspecified atom stereocenters. The minimum absolute atomic E-state index is 0. The second-order valence-corrected chi connectivity index (χ2v) is 7.55. The molecular formula is C19H29ClN2O2. The molecule has 1 aromatic rings. The molecule has 2 aliphatic heterocycles. The number of nitrogens with zero attached hydrogens (tertiary/aromatic N) is 1. The zero-order chi connectivity index (χ0) is 16.4. The molecule has 1 amide bonds. The number of para-hydroxylation sites is 1. The number of benzene rings is 1. The molecule has 2 heterocycles. The standard InChI is InChI=1S/C19H28N2O2.ClH/c1-19(2,12-14-6-4-5-7-17(14)23-3)18(22)21-11-10-15-8-9-16(13-21)20-15;/h4-7,15-16,20H,8-13H2,1-3H3;1H. The van der Waals surface area contributed by atoms with Crippen LogP contribution < -0.4 is 10.1 Å². The molecule has 0 spiro atoms. The molecule has 0 aliphatic carbocycles. The van der Waals surface area contributed by atoms with E-state index in [4.69, 9.17) is 4.74 Å². The number of carbonyl (C=O) groups is 1. The monoisotopic (exact) mass is 352 g/mol. The quantitative estimate of drug-likeness (QED) is 0.905. The van der Waals surface area contributed by atoms with Gasteiger partial charge < -0.3 is 15.0 Å². The summed E-state index contributed by atoms with van der Waals surface area (Å²) in [7, 11) is 1.69. The van der Waals surface area contributed by atoms with Crippen molar-refractivity contribution in [3.63, 3.8) is 0 Å². The number of amides is 1. The highest BCUT2D eigenvalue weighted by Crippen LogP contribution is 2.31. The summed E-state index contributed by atoms with van der Waals surface area (Å²) >= 11 is 0. The number of hydrogen-bond donors (Lipinski definition) is 1. The fourth-order valence-corrected chi connectivity index (χ4v) is 3.96. The van der Waals surface area contributed by atoms with Crippen LogP contribution in [0.15, 0.2) is 24.3 Å². The molecule has 2 fully saturated rings. The maximum Gasteiger partial charge on any atom is 0.228 e. The van der Waals surface area contributed by atoms with Crippen molar-refractivity contribution < 1.29 is 9.53 Å². The SMILES string of the molecule is COc1ccccc1CC(C)(C)C(=O)N1CCC2CCC(C1)N2.Cl. The van der Waals surface area contributed by atoms with Gasteiger partial charge in [0.1, 0.15) is 5.75 Å². The van der Waals surface area contributed by atoms with Crippen LogP contribution in [0, 0.1) is 5.41 Å². The predicted molar refractivity (Wildman–Crippen MR) is 98.9 cm³/mol. The summed E-state index contributed by atoms with van der Waals surface area (Å²) in [5.41, 5.74) is 0.681. The van der Waals surface area contributed by atoms with Crippen LogP contribution in [-0.2, 0) is 11.2 Å². The smallest absolute Gasteiger partial charge is 0.228 e. The minimum Gasteiger partial charge on any atom is -0.496 e. The maximum atomic E-state index is 13.1. The Morgan fingerprint density at radius 1 is 1.25 bits per heavy atom. The number of ether oxygens (including phenoxy) is 1. The molecule has 2 aliphatic rings. The van der Waals surface area contributed by atoms with E-state index in [-0.39, 0.29) is 18.3 Å². The van der Waals surface area contributed by atoms with Crippen molar-refractivity contribution in [2.75, 3.05) is 20.2 Å². The lowest BCUT2D eigenvalue weighted by Crippen LogP contribution is -2.46. The van der Waals surface area contributed by atoms with Gasteiger partial charge in [0.15, 0.2) is 0 Å². The predicted octanol–water partition coefficient (Wildman–Crippen LogP) is 3.04. The first-order valence-electron chi connectivity index (χ1n) is 8.67. The number of rotatable bonds is 4. The lowest BCUT2D eigenvalue weighted by Gasteiger charge is -2.33. The van der Waals surface area contributed by atoms with Crippen LogP contribution in [-0.4, -0.2) is 43.1 Å². The fourth-order valence-electron chi connectivity index (χ4n) is 3.96. The van der Waals surface area contributed by atoms with Crippen LogP contribution in [0.5, 0.6) is 5.75 Å². The van der Waals surface area contributed by atoms with Crippen molar-refractivity contribution >= 4 is 18.3 Å². The van der Waals surface area contributed by atoms with Gasteiger partial charge in [-0.25, -0.2) is 0 Å². The highest BCUT2D eigenvalue weighted by Gasteiger charge is 2.37. The van der Waals surface area contributed by atoms with Gasteiger partial charge in [0.25, 0.3) is 0 Å². The van der Waals surface area contributed by atoms with Gasteiger partial charge in [-0.2, -0.15) is 0 Å². The van der Waals surface area contributed by atoms with Crippen molar-refractivity contribution in [2.24, 2.45) is 5.41 Å². The third-order valence-electron chi connectivity index (χ3n) is 5.21. The third kappa shape index (κ3) is 4.04. The molecule has 134 valence electrons. The average molecular weight is 353 g/mol. The molecule has 2 saturated heterocycles. The zero-order valence-electron chi connectivity index (χ0n) is 14.9. The number of carbonyl (C=O) groups excluding carboxylic acids is 1. The molecule has 0 saturated carbocycles. The van der Waals surface area contributed by atoms with E-state index < -0.39 is 5.41 Å². The van der Waals surface area contributed by atoms with Crippen LogP contribution in [0.1, 0.15) is 38.7 Å². The second-order valence-electron chi connectivity index (χ2n) is 7.55. The van der Waals surface area contributed by atoms with E-state index in [1.807, 2.05) is 18.2 Å². The molecule has 3 rings (SSSR count). The Kier molecular flexibility index (Phi) is 6.16. The Hall–Kier alpha value is -1.26. The van der Waals surface area contributed by atoms with E-state index in [0.717, 1.165) is 30.8 Å². The van der Waals surface area contributed by atoms with Gasteiger partial charge in [-0.1, -0.05) is 32.0 Å². The number of fused-ring (bicyclic) bond motifs is 2. The largest absolute Gasteiger partial charge is 0.496 e. The van der Waals surface area contributed by atoms with Crippen molar-refractivity contribution in [1.82, 2.24) is 10.2 Å². The molecule has 4 nitrogen and oxygen atoms in total. The molecule has 5 heteroatoms. The summed E-state index contributed by atoms with van der Waals surface area (Å²) < 4.78 is 5.44. The Morgan fingerprint density at radius 2 is 1.96 bits per heavy atom.